The molecule has 0 aromatic carbocycles. The molecule has 2 aromatic heterocycles. The molecular weight excluding hydrogens is 310 g/mol. The maximum Gasteiger partial charge on any atom is 0.337 e. The molecule has 1 fully saturated rings. The number of nitrogens with one attached hydrogen (secondary N) is 2. The van der Waals surface area contributed by atoms with E-state index in [1.807, 2.05) is 6.92 Å². The Bertz CT molecular complexity index is 792. The molecule has 1 aliphatic heterocycles. The SMILES string of the molecule is Cc1nc([C@H]2CCCN(C(=O)c3[nH]c(C)c(C(=O)O)c3C)C2)n[nH]1. The van der Waals surface area contributed by atoms with Crippen LogP contribution in [0.3, 0.4) is 0 Å². The number of likely N-dealkylation sites (tertiary alicyclic amines) is 1. The molecule has 24 heavy (non-hydrogen) atoms. The molecule has 1 amide bonds. The zero-order valence-corrected chi connectivity index (χ0v) is 14.0. The van der Waals surface area contributed by atoms with Gasteiger partial charge < -0.3 is 15.0 Å². The summed E-state index contributed by atoms with van der Waals surface area (Å²) in [5.74, 6) is 0.405. The largest absolute Gasteiger partial charge is 0.478 e. The van der Waals surface area contributed by atoms with Gasteiger partial charge in [0, 0.05) is 24.7 Å². The molecular formula is C16H21N5O3. The number of hydrogen-bond donors (Lipinski definition) is 3. The van der Waals surface area contributed by atoms with Gasteiger partial charge in [-0.1, -0.05) is 0 Å². The number of carbonyl (C=O) groups excluding carboxylic acids is 1. The van der Waals surface area contributed by atoms with Gasteiger partial charge in [-0.2, -0.15) is 5.10 Å². The lowest BCUT2D eigenvalue weighted by Gasteiger charge is -2.31. The van der Waals surface area contributed by atoms with E-state index in [9.17, 15) is 14.7 Å². The normalized spacial score (nSPS) is 18.0. The Morgan fingerprint density at radius 1 is 1.29 bits per heavy atom. The van der Waals surface area contributed by atoms with Gasteiger partial charge in [-0.05, 0) is 39.2 Å². The molecule has 128 valence electrons. The van der Waals surface area contributed by atoms with E-state index in [1.54, 1.807) is 18.7 Å². The van der Waals surface area contributed by atoms with E-state index in [1.165, 1.54) is 0 Å². The number of aromatic amines is 2. The van der Waals surface area contributed by atoms with Crippen molar-refractivity contribution in [2.45, 2.75) is 39.5 Å². The summed E-state index contributed by atoms with van der Waals surface area (Å²) in [7, 11) is 0. The van der Waals surface area contributed by atoms with Gasteiger partial charge >= 0.3 is 5.97 Å². The highest BCUT2D eigenvalue weighted by Gasteiger charge is 2.30. The van der Waals surface area contributed by atoms with Crippen molar-refractivity contribution >= 4 is 11.9 Å². The van der Waals surface area contributed by atoms with E-state index in [4.69, 9.17) is 0 Å². The number of hydrogen-bond acceptors (Lipinski definition) is 4. The Kier molecular flexibility index (Phi) is 4.13. The minimum absolute atomic E-state index is 0.1000. The molecule has 0 aliphatic carbocycles. The highest BCUT2D eigenvalue weighted by atomic mass is 16.4. The molecule has 0 spiro atoms. The topological polar surface area (TPSA) is 115 Å². The fraction of sp³-hybridized carbons (Fsp3) is 0.500. The number of aryl methyl sites for hydroxylation is 2. The van der Waals surface area contributed by atoms with Crippen LogP contribution in [0.1, 0.15) is 62.5 Å². The number of H-pyrrole nitrogens is 2. The van der Waals surface area contributed by atoms with Gasteiger partial charge in [-0.3, -0.25) is 9.89 Å². The molecule has 1 saturated heterocycles. The highest BCUT2D eigenvalue weighted by Crippen LogP contribution is 2.27. The number of rotatable bonds is 3. The Labute approximate surface area is 139 Å². The van der Waals surface area contributed by atoms with E-state index in [0.29, 0.717) is 30.0 Å². The van der Waals surface area contributed by atoms with Crippen LogP contribution in [-0.4, -0.2) is 55.1 Å². The molecule has 3 heterocycles. The summed E-state index contributed by atoms with van der Waals surface area (Å²) >= 11 is 0. The summed E-state index contributed by atoms with van der Waals surface area (Å²) in [5.41, 5.74) is 1.52. The van der Waals surface area contributed by atoms with Crippen molar-refractivity contribution in [2.75, 3.05) is 13.1 Å². The lowest BCUT2D eigenvalue weighted by molar-refractivity contribution is 0.0693. The second-order valence-corrected chi connectivity index (χ2v) is 6.30. The van der Waals surface area contributed by atoms with Crippen LogP contribution in [0.5, 0.6) is 0 Å². The number of nitrogens with zero attached hydrogens (tertiary/aromatic N) is 3. The van der Waals surface area contributed by atoms with Crippen molar-refractivity contribution in [3.8, 4) is 0 Å². The highest BCUT2D eigenvalue weighted by molar-refractivity contribution is 6.00. The average molecular weight is 331 g/mol. The third-order valence-electron chi connectivity index (χ3n) is 4.55. The van der Waals surface area contributed by atoms with Gasteiger partial charge in [0.15, 0.2) is 5.82 Å². The van der Waals surface area contributed by atoms with Crippen molar-refractivity contribution in [3.63, 3.8) is 0 Å². The van der Waals surface area contributed by atoms with E-state index in [-0.39, 0.29) is 17.4 Å². The van der Waals surface area contributed by atoms with Crippen molar-refractivity contribution < 1.29 is 14.7 Å². The second kappa shape index (κ2) is 6.10. The molecule has 0 bridgehead atoms. The zero-order valence-electron chi connectivity index (χ0n) is 14.0. The van der Waals surface area contributed by atoms with Crippen LogP contribution in [0.2, 0.25) is 0 Å². The van der Waals surface area contributed by atoms with Crippen LogP contribution in [0.25, 0.3) is 0 Å². The first-order valence-corrected chi connectivity index (χ1v) is 7.99. The minimum atomic E-state index is -1.02. The number of amides is 1. The van der Waals surface area contributed by atoms with Crippen molar-refractivity contribution in [1.29, 1.82) is 0 Å². The number of carboxylic acids is 1. The maximum atomic E-state index is 12.8. The lowest BCUT2D eigenvalue weighted by atomic mass is 9.97. The zero-order chi connectivity index (χ0) is 17.4. The van der Waals surface area contributed by atoms with Crippen LogP contribution in [-0.2, 0) is 0 Å². The summed E-state index contributed by atoms with van der Waals surface area (Å²) in [5, 5.41) is 16.3. The summed E-state index contributed by atoms with van der Waals surface area (Å²) in [6, 6.07) is 0. The summed E-state index contributed by atoms with van der Waals surface area (Å²) in [6.45, 7) is 6.37. The molecule has 3 rings (SSSR count). The fourth-order valence-corrected chi connectivity index (χ4v) is 3.36. The van der Waals surface area contributed by atoms with E-state index in [2.05, 4.69) is 20.2 Å². The summed E-state index contributed by atoms with van der Waals surface area (Å²) < 4.78 is 0. The first-order valence-electron chi connectivity index (χ1n) is 7.99. The van der Waals surface area contributed by atoms with E-state index < -0.39 is 5.97 Å². The van der Waals surface area contributed by atoms with Gasteiger partial charge in [0.2, 0.25) is 0 Å². The molecule has 8 nitrogen and oxygen atoms in total. The summed E-state index contributed by atoms with van der Waals surface area (Å²) in [4.78, 5) is 33.2. The molecule has 1 aliphatic rings. The number of aromatic carboxylic acids is 1. The monoisotopic (exact) mass is 331 g/mol. The minimum Gasteiger partial charge on any atom is -0.478 e. The molecule has 8 heteroatoms. The first kappa shape index (κ1) is 16.2. The van der Waals surface area contributed by atoms with Crippen molar-refractivity contribution in [3.05, 3.63) is 34.2 Å². The Balaban J connectivity index is 1.82. The standard InChI is InChI=1S/C16H21N5O3/c1-8-12(16(23)24)9(2)17-13(8)15(22)21-6-4-5-11(7-21)14-18-10(3)19-20-14/h11,17H,4-7H2,1-3H3,(H,23,24)(H,18,19,20)/t11-/m0/s1. The third-order valence-corrected chi connectivity index (χ3v) is 4.55. The number of aromatic nitrogens is 4. The molecule has 0 radical (unpaired) electrons. The number of piperidine rings is 1. The summed E-state index contributed by atoms with van der Waals surface area (Å²) in [6.07, 6.45) is 1.80. The number of carbonyl (C=O) groups is 2. The van der Waals surface area contributed by atoms with Crippen LogP contribution in [0.15, 0.2) is 0 Å². The van der Waals surface area contributed by atoms with Crippen LogP contribution in [0.4, 0.5) is 0 Å². The van der Waals surface area contributed by atoms with Crippen LogP contribution < -0.4 is 0 Å². The Hall–Kier alpha value is -2.64. The van der Waals surface area contributed by atoms with Crippen LogP contribution in [0, 0.1) is 20.8 Å². The van der Waals surface area contributed by atoms with Crippen LogP contribution >= 0.6 is 0 Å². The van der Waals surface area contributed by atoms with E-state index >= 15 is 0 Å². The van der Waals surface area contributed by atoms with Gasteiger partial charge in [0.25, 0.3) is 5.91 Å². The molecule has 3 N–H and O–H groups in total. The predicted octanol–water partition coefficient (Wildman–Crippen LogP) is 1.78. The quantitative estimate of drug-likeness (QED) is 0.793. The van der Waals surface area contributed by atoms with Gasteiger partial charge in [0.1, 0.15) is 11.5 Å². The first-order chi connectivity index (χ1) is 11.4. The van der Waals surface area contributed by atoms with Gasteiger partial charge in [-0.15, -0.1) is 0 Å². The average Bonchev–Trinajstić information content (AvgIpc) is 3.10. The van der Waals surface area contributed by atoms with Gasteiger partial charge in [-0.25, -0.2) is 9.78 Å². The number of carboxylic acid groups (broad SMARTS) is 1. The molecule has 0 saturated carbocycles. The van der Waals surface area contributed by atoms with Gasteiger partial charge in [0.05, 0.1) is 5.56 Å². The molecule has 2 aromatic rings. The molecule has 1 atom stereocenters. The Morgan fingerprint density at radius 3 is 2.62 bits per heavy atom. The smallest absolute Gasteiger partial charge is 0.337 e. The lowest BCUT2D eigenvalue weighted by Crippen LogP contribution is -2.39. The fourth-order valence-electron chi connectivity index (χ4n) is 3.36. The predicted molar refractivity (Wildman–Crippen MR) is 86.2 cm³/mol. The maximum absolute atomic E-state index is 12.8. The van der Waals surface area contributed by atoms with E-state index in [0.717, 1.165) is 24.5 Å². The van der Waals surface area contributed by atoms with Crippen molar-refractivity contribution in [1.82, 2.24) is 25.1 Å². The second-order valence-electron chi connectivity index (χ2n) is 6.30. The Morgan fingerprint density at radius 2 is 2.04 bits per heavy atom. The van der Waals surface area contributed by atoms with Crippen molar-refractivity contribution in [2.24, 2.45) is 0 Å². The molecule has 0 unspecified atom stereocenters. The third kappa shape index (κ3) is 2.79.